The highest BCUT2D eigenvalue weighted by Crippen LogP contribution is 2.34. The number of aromatic amines is 1. The number of rotatable bonds is 4. The van der Waals surface area contributed by atoms with Gasteiger partial charge in [-0.3, -0.25) is 0 Å². The number of ether oxygens (including phenoxy) is 1. The van der Waals surface area contributed by atoms with E-state index in [0.717, 1.165) is 33.1 Å². The number of nitrogens with zero attached hydrogens (tertiary/aromatic N) is 4. The summed E-state index contributed by atoms with van der Waals surface area (Å²) in [7, 11) is 1.67. The van der Waals surface area contributed by atoms with E-state index in [1.807, 2.05) is 53.9 Å². The summed E-state index contributed by atoms with van der Waals surface area (Å²) in [6.07, 6.45) is 0. The molecule has 0 atom stereocenters. The van der Waals surface area contributed by atoms with Crippen molar-refractivity contribution in [1.82, 2.24) is 25.6 Å². The standard InChI is InChI=1S/C17H13N5OS/c1-23-15-5-3-2-4-13(15)14-10-24-17(18-14)12-8-6-11(7-9-12)16-19-21-22-20-16/h2-10H,1H3,(H,19,20,21,22). The third-order valence-electron chi connectivity index (χ3n) is 3.62. The summed E-state index contributed by atoms with van der Waals surface area (Å²) in [5, 5.41) is 17.0. The van der Waals surface area contributed by atoms with E-state index in [0.29, 0.717) is 5.82 Å². The summed E-state index contributed by atoms with van der Waals surface area (Å²) in [5.41, 5.74) is 3.86. The maximum Gasteiger partial charge on any atom is 0.204 e. The van der Waals surface area contributed by atoms with Crippen molar-refractivity contribution >= 4 is 11.3 Å². The molecule has 0 unspecified atom stereocenters. The molecule has 118 valence electrons. The lowest BCUT2D eigenvalue weighted by Crippen LogP contribution is -1.87. The van der Waals surface area contributed by atoms with Crippen LogP contribution in [0.3, 0.4) is 0 Å². The molecule has 4 aromatic rings. The molecule has 0 amide bonds. The fraction of sp³-hybridized carbons (Fsp3) is 0.0588. The van der Waals surface area contributed by atoms with Crippen LogP contribution in [-0.2, 0) is 0 Å². The third kappa shape index (κ3) is 2.65. The van der Waals surface area contributed by atoms with Crippen LogP contribution in [0.15, 0.2) is 53.9 Å². The van der Waals surface area contributed by atoms with Crippen LogP contribution in [0.25, 0.3) is 33.2 Å². The highest BCUT2D eigenvalue weighted by Gasteiger charge is 2.11. The van der Waals surface area contributed by atoms with E-state index < -0.39 is 0 Å². The Morgan fingerprint density at radius 3 is 2.54 bits per heavy atom. The molecule has 24 heavy (non-hydrogen) atoms. The number of para-hydroxylation sites is 1. The monoisotopic (exact) mass is 335 g/mol. The smallest absolute Gasteiger partial charge is 0.204 e. The van der Waals surface area contributed by atoms with Gasteiger partial charge in [-0.15, -0.1) is 21.5 Å². The van der Waals surface area contributed by atoms with E-state index in [4.69, 9.17) is 9.72 Å². The molecule has 0 aliphatic carbocycles. The Kier molecular flexibility index (Phi) is 3.76. The molecule has 2 aromatic heterocycles. The molecule has 4 rings (SSSR count). The number of benzene rings is 2. The van der Waals surface area contributed by atoms with Gasteiger partial charge >= 0.3 is 0 Å². The lowest BCUT2D eigenvalue weighted by molar-refractivity contribution is 0.416. The van der Waals surface area contributed by atoms with Gasteiger partial charge in [0.2, 0.25) is 5.82 Å². The number of thiazole rings is 1. The van der Waals surface area contributed by atoms with Crippen LogP contribution in [0, 0.1) is 0 Å². The molecule has 0 spiro atoms. The molecule has 0 fully saturated rings. The van der Waals surface area contributed by atoms with Crippen molar-refractivity contribution in [3.05, 3.63) is 53.9 Å². The number of methoxy groups -OCH3 is 1. The largest absolute Gasteiger partial charge is 0.496 e. The average Bonchev–Trinajstić information content (AvgIpc) is 3.34. The molecule has 2 aromatic carbocycles. The molecular formula is C17H13N5OS. The van der Waals surface area contributed by atoms with E-state index in [1.54, 1.807) is 18.4 Å². The number of H-pyrrole nitrogens is 1. The van der Waals surface area contributed by atoms with Crippen LogP contribution in [0.5, 0.6) is 5.75 Å². The van der Waals surface area contributed by atoms with E-state index in [2.05, 4.69) is 20.6 Å². The minimum atomic E-state index is 0.579. The van der Waals surface area contributed by atoms with Gasteiger partial charge in [-0.2, -0.15) is 5.21 Å². The molecule has 0 aliphatic rings. The van der Waals surface area contributed by atoms with Crippen molar-refractivity contribution in [2.45, 2.75) is 0 Å². The summed E-state index contributed by atoms with van der Waals surface area (Å²) >= 11 is 1.60. The molecule has 6 nitrogen and oxygen atoms in total. The quantitative estimate of drug-likeness (QED) is 0.616. The summed E-state index contributed by atoms with van der Waals surface area (Å²) < 4.78 is 5.41. The number of hydrogen-bond acceptors (Lipinski definition) is 6. The fourth-order valence-corrected chi connectivity index (χ4v) is 3.26. The van der Waals surface area contributed by atoms with Crippen LogP contribution in [-0.4, -0.2) is 32.7 Å². The second-order valence-corrected chi connectivity index (χ2v) is 5.91. The lowest BCUT2D eigenvalue weighted by Gasteiger charge is -2.05. The summed E-state index contributed by atoms with van der Waals surface area (Å²) in [6.45, 7) is 0. The first-order valence-corrected chi connectivity index (χ1v) is 8.16. The van der Waals surface area contributed by atoms with E-state index >= 15 is 0 Å². The molecular weight excluding hydrogens is 322 g/mol. The molecule has 7 heteroatoms. The summed E-state index contributed by atoms with van der Waals surface area (Å²) in [5.74, 6) is 1.40. The maximum absolute atomic E-state index is 5.41. The molecule has 1 N–H and O–H groups in total. The first-order valence-electron chi connectivity index (χ1n) is 7.28. The first-order chi connectivity index (χ1) is 11.8. The Labute approximate surface area is 142 Å². The van der Waals surface area contributed by atoms with Crippen molar-refractivity contribution in [3.8, 4) is 39.0 Å². The zero-order valence-corrected chi connectivity index (χ0v) is 13.6. The topological polar surface area (TPSA) is 76.6 Å². The highest BCUT2D eigenvalue weighted by atomic mass is 32.1. The minimum Gasteiger partial charge on any atom is -0.496 e. The van der Waals surface area contributed by atoms with Gasteiger partial charge in [0.15, 0.2) is 0 Å². The molecule has 0 radical (unpaired) electrons. The summed E-state index contributed by atoms with van der Waals surface area (Å²) in [6, 6.07) is 15.8. The molecule has 0 saturated heterocycles. The SMILES string of the molecule is COc1ccccc1-c1csc(-c2ccc(-c3nn[nH]n3)cc2)n1. The Bertz CT molecular complexity index is 947. The van der Waals surface area contributed by atoms with Crippen LogP contribution >= 0.6 is 11.3 Å². The second kappa shape index (κ2) is 6.21. The van der Waals surface area contributed by atoms with Gasteiger partial charge in [0.05, 0.1) is 12.8 Å². The molecule has 2 heterocycles. The van der Waals surface area contributed by atoms with Gasteiger partial charge < -0.3 is 4.74 Å². The average molecular weight is 335 g/mol. The van der Waals surface area contributed by atoms with E-state index in [9.17, 15) is 0 Å². The van der Waals surface area contributed by atoms with E-state index in [1.165, 1.54) is 0 Å². The number of hydrogen-bond donors (Lipinski definition) is 1. The summed E-state index contributed by atoms with van der Waals surface area (Å²) in [4.78, 5) is 4.74. The highest BCUT2D eigenvalue weighted by molar-refractivity contribution is 7.13. The molecule has 0 saturated carbocycles. The van der Waals surface area contributed by atoms with Crippen molar-refractivity contribution in [2.24, 2.45) is 0 Å². The second-order valence-electron chi connectivity index (χ2n) is 5.05. The van der Waals surface area contributed by atoms with E-state index in [-0.39, 0.29) is 0 Å². The lowest BCUT2D eigenvalue weighted by atomic mass is 10.1. The van der Waals surface area contributed by atoms with Gasteiger partial charge in [-0.05, 0) is 17.3 Å². The predicted molar refractivity (Wildman–Crippen MR) is 92.7 cm³/mol. The van der Waals surface area contributed by atoms with Crippen LogP contribution in [0.1, 0.15) is 0 Å². The van der Waals surface area contributed by atoms with Crippen molar-refractivity contribution in [3.63, 3.8) is 0 Å². The third-order valence-corrected chi connectivity index (χ3v) is 4.51. The first kappa shape index (κ1) is 14.5. The number of aromatic nitrogens is 5. The van der Waals surface area contributed by atoms with Gasteiger partial charge in [0, 0.05) is 22.1 Å². The predicted octanol–water partition coefficient (Wildman–Crippen LogP) is 3.67. The van der Waals surface area contributed by atoms with Crippen LogP contribution in [0.2, 0.25) is 0 Å². The van der Waals surface area contributed by atoms with Gasteiger partial charge in [0.1, 0.15) is 10.8 Å². The van der Waals surface area contributed by atoms with Crippen LogP contribution in [0.4, 0.5) is 0 Å². The normalized spacial score (nSPS) is 10.7. The number of tetrazole rings is 1. The van der Waals surface area contributed by atoms with Crippen molar-refractivity contribution < 1.29 is 4.74 Å². The Morgan fingerprint density at radius 1 is 1.00 bits per heavy atom. The van der Waals surface area contributed by atoms with Crippen molar-refractivity contribution in [1.29, 1.82) is 0 Å². The van der Waals surface area contributed by atoms with Gasteiger partial charge in [0.25, 0.3) is 0 Å². The zero-order chi connectivity index (χ0) is 16.4. The Morgan fingerprint density at radius 2 is 1.79 bits per heavy atom. The molecule has 0 aliphatic heterocycles. The Hall–Kier alpha value is -3.06. The van der Waals surface area contributed by atoms with Crippen LogP contribution < -0.4 is 4.74 Å². The zero-order valence-electron chi connectivity index (χ0n) is 12.8. The fourth-order valence-electron chi connectivity index (χ4n) is 2.43. The minimum absolute atomic E-state index is 0.579. The Balaban J connectivity index is 1.65. The van der Waals surface area contributed by atoms with Crippen molar-refractivity contribution in [2.75, 3.05) is 7.11 Å². The molecule has 0 bridgehead atoms. The number of nitrogens with one attached hydrogen (secondary N) is 1. The maximum atomic E-state index is 5.41. The van der Waals surface area contributed by atoms with Gasteiger partial charge in [-0.1, -0.05) is 36.4 Å². The van der Waals surface area contributed by atoms with Gasteiger partial charge in [-0.25, -0.2) is 4.98 Å².